The smallest absolute Gasteiger partial charge is 0.247 e. The molecule has 1 aromatic carbocycles. The van der Waals surface area contributed by atoms with Crippen molar-refractivity contribution in [2.45, 2.75) is 44.1 Å². The topological polar surface area (TPSA) is 40.6 Å². The van der Waals surface area contributed by atoms with Gasteiger partial charge in [-0.25, -0.2) is 0 Å². The van der Waals surface area contributed by atoms with Crippen LogP contribution in [-0.4, -0.2) is 44.8 Å². The number of hydrogen-bond acceptors (Lipinski definition) is 3. The van der Waals surface area contributed by atoms with E-state index in [2.05, 4.69) is 12.8 Å². The van der Waals surface area contributed by atoms with Crippen LogP contribution < -0.4 is 0 Å². The summed E-state index contributed by atoms with van der Waals surface area (Å²) in [5, 5.41) is 0. The number of carbonyl (C=O) groups excluding carboxylic acids is 2. The minimum atomic E-state index is -0.395. The van der Waals surface area contributed by atoms with Gasteiger partial charge in [-0.2, -0.15) is 0 Å². The van der Waals surface area contributed by atoms with E-state index in [0.29, 0.717) is 18.7 Å². The van der Waals surface area contributed by atoms with Gasteiger partial charge < -0.3 is 9.80 Å². The number of nitrogens with zero attached hydrogens (tertiary/aromatic N) is 2. The van der Waals surface area contributed by atoms with Crippen molar-refractivity contribution in [3.8, 4) is 12.3 Å². The van der Waals surface area contributed by atoms with Gasteiger partial charge in [0.1, 0.15) is 6.04 Å². The lowest BCUT2D eigenvalue weighted by Gasteiger charge is -2.32. The van der Waals surface area contributed by atoms with Gasteiger partial charge in [0.05, 0.1) is 11.4 Å². The van der Waals surface area contributed by atoms with Crippen LogP contribution in [0.4, 0.5) is 0 Å². The number of fused-ring (bicyclic) bond motifs is 1. The number of amides is 2. The Morgan fingerprint density at radius 3 is 2.83 bits per heavy atom. The molecule has 0 aliphatic carbocycles. The van der Waals surface area contributed by atoms with Crippen molar-refractivity contribution in [1.82, 2.24) is 9.80 Å². The van der Waals surface area contributed by atoms with Gasteiger partial charge in [-0.05, 0) is 25.8 Å². The van der Waals surface area contributed by atoms with Crippen LogP contribution in [0.2, 0.25) is 0 Å². The highest BCUT2D eigenvalue weighted by atomic mass is 32.2. The first-order chi connectivity index (χ1) is 11.4. The zero-order valence-electron chi connectivity index (χ0n) is 14.1. The average Bonchev–Trinajstić information content (AvgIpc) is 3.05. The van der Waals surface area contributed by atoms with Crippen LogP contribution in [0.5, 0.6) is 0 Å². The minimum absolute atomic E-state index is 0.0417. The van der Waals surface area contributed by atoms with E-state index in [-0.39, 0.29) is 23.2 Å². The number of aryl methyl sites for hydroxylation is 1. The monoisotopic (exact) mass is 342 g/mol. The van der Waals surface area contributed by atoms with Crippen molar-refractivity contribution in [3.63, 3.8) is 0 Å². The third kappa shape index (κ3) is 3.03. The summed E-state index contributed by atoms with van der Waals surface area (Å²) in [6.07, 6.45) is 6.82. The maximum absolute atomic E-state index is 13.1. The van der Waals surface area contributed by atoms with Crippen molar-refractivity contribution >= 4 is 23.6 Å². The molecule has 2 saturated heterocycles. The highest BCUT2D eigenvalue weighted by Gasteiger charge is 2.53. The fourth-order valence-corrected chi connectivity index (χ4v) is 4.87. The van der Waals surface area contributed by atoms with Crippen LogP contribution in [0.1, 0.15) is 30.9 Å². The van der Waals surface area contributed by atoms with Crippen molar-refractivity contribution in [2.75, 3.05) is 12.3 Å². The van der Waals surface area contributed by atoms with E-state index in [1.165, 1.54) is 5.56 Å². The maximum atomic E-state index is 13.1. The van der Waals surface area contributed by atoms with Crippen molar-refractivity contribution in [3.05, 3.63) is 35.4 Å². The van der Waals surface area contributed by atoms with E-state index < -0.39 is 6.04 Å². The Bertz CT molecular complexity index is 694. The summed E-state index contributed by atoms with van der Waals surface area (Å²) in [5.41, 5.74) is 2.23. The van der Waals surface area contributed by atoms with Gasteiger partial charge in [0.25, 0.3) is 0 Å². The number of hydrogen-bond donors (Lipinski definition) is 0. The molecule has 126 valence electrons. The Kier molecular flexibility index (Phi) is 4.60. The Balaban J connectivity index is 1.78. The summed E-state index contributed by atoms with van der Waals surface area (Å²) in [6.45, 7) is 4.82. The molecule has 2 amide bonds. The fraction of sp³-hybridized carbons (Fsp3) is 0.474. The Hall–Kier alpha value is -1.93. The molecule has 5 heteroatoms. The van der Waals surface area contributed by atoms with Crippen LogP contribution in [0.15, 0.2) is 24.3 Å². The molecule has 2 aliphatic rings. The van der Waals surface area contributed by atoms with Gasteiger partial charge in [-0.1, -0.05) is 35.7 Å². The van der Waals surface area contributed by atoms with Crippen molar-refractivity contribution in [1.29, 1.82) is 0 Å². The first kappa shape index (κ1) is 16.9. The summed E-state index contributed by atoms with van der Waals surface area (Å²) < 4.78 is 0. The van der Waals surface area contributed by atoms with Crippen LogP contribution in [-0.2, 0) is 16.1 Å². The zero-order valence-corrected chi connectivity index (χ0v) is 14.9. The second-order valence-electron chi connectivity index (χ2n) is 6.65. The predicted molar refractivity (Wildman–Crippen MR) is 96.2 cm³/mol. The lowest BCUT2D eigenvalue weighted by atomic mass is 10.1. The molecule has 0 N–H and O–H groups in total. The van der Waals surface area contributed by atoms with E-state index >= 15 is 0 Å². The SMILES string of the molecule is C#CCN(Cc1ccc(C)cc1)C(=O)[C@H]1CS[C@]2(C)CCC(=O)N12. The molecule has 2 atom stereocenters. The molecule has 3 rings (SSSR count). The maximum Gasteiger partial charge on any atom is 0.247 e. The number of benzene rings is 1. The second kappa shape index (κ2) is 6.52. The largest absolute Gasteiger partial charge is 0.325 e. The lowest BCUT2D eigenvalue weighted by molar-refractivity contribution is -0.143. The summed E-state index contributed by atoms with van der Waals surface area (Å²) in [5.74, 6) is 3.27. The normalized spacial score (nSPS) is 25.5. The Morgan fingerprint density at radius 1 is 1.46 bits per heavy atom. The molecular formula is C19H22N2O2S. The molecule has 0 unspecified atom stereocenters. The molecule has 0 bridgehead atoms. The summed E-state index contributed by atoms with van der Waals surface area (Å²) in [6, 6.07) is 7.69. The summed E-state index contributed by atoms with van der Waals surface area (Å²) >= 11 is 1.71. The minimum Gasteiger partial charge on any atom is -0.325 e. The number of carbonyl (C=O) groups is 2. The molecular weight excluding hydrogens is 320 g/mol. The molecule has 2 aliphatic heterocycles. The number of terminal acetylenes is 1. The molecule has 24 heavy (non-hydrogen) atoms. The number of thioether (sulfide) groups is 1. The molecule has 2 heterocycles. The van der Waals surface area contributed by atoms with Gasteiger partial charge in [-0.15, -0.1) is 18.2 Å². The van der Waals surface area contributed by atoms with E-state index in [0.717, 1.165) is 12.0 Å². The molecule has 1 aromatic rings. The molecule has 2 fully saturated rings. The molecule has 0 aromatic heterocycles. The molecule has 0 spiro atoms. The average molecular weight is 342 g/mol. The van der Waals surface area contributed by atoms with Gasteiger partial charge in [0.15, 0.2) is 0 Å². The summed E-state index contributed by atoms with van der Waals surface area (Å²) in [7, 11) is 0. The van der Waals surface area contributed by atoms with Gasteiger partial charge in [0, 0.05) is 18.7 Å². The fourth-order valence-electron chi connectivity index (χ4n) is 3.45. The van der Waals surface area contributed by atoms with E-state index in [1.807, 2.05) is 31.2 Å². The molecule has 0 saturated carbocycles. The van der Waals surface area contributed by atoms with Crippen LogP contribution in [0.25, 0.3) is 0 Å². The first-order valence-electron chi connectivity index (χ1n) is 8.18. The van der Waals surface area contributed by atoms with Crippen molar-refractivity contribution in [2.24, 2.45) is 0 Å². The zero-order chi connectivity index (χ0) is 17.3. The standard InChI is InChI=1S/C19H22N2O2S/c1-4-11-20(12-15-7-5-14(2)6-8-15)18(23)16-13-24-19(3)10-9-17(22)21(16)19/h1,5-8,16H,9-13H2,2-3H3/t16-,19-/m1/s1. The predicted octanol–water partition coefficient (Wildman–Crippen LogP) is 2.41. The molecule has 0 radical (unpaired) electrons. The Morgan fingerprint density at radius 2 is 2.17 bits per heavy atom. The number of rotatable bonds is 4. The highest BCUT2D eigenvalue weighted by molar-refractivity contribution is 8.01. The van der Waals surface area contributed by atoms with Crippen LogP contribution in [0.3, 0.4) is 0 Å². The quantitative estimate of drug-likeness (QED) is 0.789. The van der Waals surface area contributed by atoms with Crippen molar-refractivity contribution < 1.29 is 9.59 Å². The first-order valence-corrected chi connectivity index (χ1v) is 9.17. The van der Waals surface area contributed by atoms with Crippen LogP contribution >= 0.6 is 11.8 Å². The van der Waals surface area contributed by atoms with Crippen LogP contribution in [0, 0.1) is 19.3 Å². The highest BCUT2D eigenvalue weighted by Crippen LogP contribution is 2.47. The van der Waals surface area contributed by atoms with E-state index in [9.17, 15) is 9.59 Å². The molecule has 4 nitrogen and oxygen atoms in total. The Labute approximate surface area is 147 Å². The van der Waals surface area contributed by atoms with Gasteiger partial charge in [0.2, 0.25) is 11.8 Å². The van der Waals surface area contributed by atoms with Gasteiger partial charge >= 0.3 is 0 Å². The second-order valence-corrected chi connectivity index (χ2v) is 8.15. The lowest BCUT2D eigenvalue weighted by Crippen LogP contribution is -2.51. The van der Waals surface area contributed by atoms with Gasteiger partial charge in [-0.3, -0.25) is 9.59 Å². The third-order valence-corrected chi connectivity index (χ3v) is 6.32. The third-order valence-electron chi connectivity index (χ3n) is 4.82. The summed E-state index contributed by atoms with van der Waals surface area (Å²) in [4.78, 5) is 28.6. The van der Waals surface area contributed by atoms with E-state index in [4.69, 9.17) is 6.42 Å². The van der Waals surface area contributed by atoms with E-state index in [1.54, 1.807) is 21.6 Å².